The van der Waals surface area contributed by atoms with Gasteiger partial charge >= 0.3 is 5.63 Å². The summed E-state index contributed by atoms with van der Waals surface area (Å²) in [4.78, 5) is 16.1. The van der Waals surface area contributed by atoms with Crippen molar-refractivity contribution < 1.29 is 4.42 Å². The van der Waals surface area contributed by atoms with Crippen molar-refractivity contribution in [2.75, 3.05) is 0 Å². The van der Waals surface area contributed by atoms with E-state index in [1.807, 2.05) is 42.5 Å². The summed E-state index contributed by atoms with van der Waals surface area (Å²) < 4.78 is 5.16. The van der Waals surface area contributed by atoms with Crippen LogP contribution in [0.5, 0.6) is 0 Å². The average molecular weight is 284 g/mol. The van der Waals surface area contributed by atoms with Gasteiger partial charge in [0, 0.05) is 16.1 Å². The lowest BCUT2D eigenvalue weighted by Gasteiger charge is -2.03. The predicted molar refractivity (Wildman–Crippen MR) is 78.7 cm³/mol. The van der Waals surface area contributed by atoms with E-state index in [2.05, 4.69) is 4.98 Å². The van der Waals surface area contributed by atoms with Gasteiger partial charge < -0.3 is 4.42 Å². The number of aromatic nitrogens is 1. The maximum atomic E-state index is 11.7. The standard InChI is InChI=1S/C16H10ClNO2/c17-13-8-6-11(7-9-13)14-10-15(19)20-16(18-14)12-4-2-1-3-5-12/h1-10H. The van der Waals surface area contributed by atoms with Crippen molar-refractivity contribution in [3.8, 4) is 22.7 Å². The third kappa shape index (κ3) is 2.63. The van der Waals surface area contributed by atoms with Crippen LogP contribution >= 0.6 is 11.6 Å². The van der Waals surface area contributed by atoms with E-state index < -0.39 is 5.63 Å². The maximum absolute atomic E-state index is 11.7. The second-order valence-electron chi connectivity index (χ2n) is 4.24. The molecule has 1 heterocycles. The third-order valence-electron chi connectivity index (χ3n) is 2.83. The first kappa shape index (κ1) is 12.6. The molecular weight excluding hydrogens is 274 g/mol. The van der Waals surface area contributed by atoms with Gasteiger partial charge in [0.05, 0.1) is 11.8 Å². The van der Waals surface area contributed by atoms with Gasteiger partial charge in [0.15, 0.2) is 0 Å². The highest BCUT2D eigenvalue weighted by Crippen LogP contribution is 2.22. The molecule has 0 amide bonds. The Kier molecular flexibility index (Phi) is 3.35. The Morgan fingerprint density at radius 2 is 1.60 bits per heavy atom. The molecule has 0 bridgehead atoms. The number of hydrogen-bond donors (Lipinski definition) is 0. The predicted octanol–water partition coefficient (Wildman–Crippen LogP) is 4.02. The van der Waals surface area contributed by atoms with Crippen LogP contribution in [0.4, 0.5) is 0 Å². The van der Waals surface area contributed by atoms with Crippen molar-refractivity contribution in [2.24, 2.45) is 0 Å². The van der Waals surface area contributed by atoms with E-state index in [0.29, 0.717) is 16.6 Å². The Bertz CT molecular complexity index is 780. The van der Waals surface area contributed by atoms with Crippen LogP contribution in [0.3, 0.4) is 0 Å². The fraction of sp³-hybridized carbons (Fsp3) is 0. The molecule has 0 saturated carbocycles. The van der Waals surface area contributed by atoms with E-state index in [4.69, 9.17) is 16.0 Å². The molecular formula is C16H10ClNO2. The van der Waals surface area contributed by atoms with Crippen molar-refractivity contribution >= 4 is 11.6 Å². The summed E-state index contributed by atoms with van der Waals surface area (Å²) in [5.74, 6) is 0.308. The number of halogens is 1. The van der Waals surface area contributed by atoms with Crippen molar-refractivity contribution in [2.45, 2.75) is 0 Å². The lowest BCUT2D eigenvalue weighted by atomic mass is 10.1. The molecule has 0 aliphatic heterocycles. The summed E-state index contributed by atoms with van der Waals surface area (Å²) in [6, 6.07) is 17.8. The van der Waals surface area contributed by atoms with Gasteiger partial charge in [0.2, 0.25) is 5.89 Å². The SMILES string of the molecule is O=c1cc(-c2ccc(Cl)cc2)nc(-c2ccccc2)o1. The minimum atomic E-state index is -0.427. The first-order valence-corrected chi connectivity index (χ1v) is 6.44. The second kappa shape index (κ2) is 5.31. The van der Waals surface area contributed by atoms with Gasteiger partial charge in [0.25, 0.3) is 0 Å². The normalized spacial score (nSPS) is 10.4. The molecule has 98 valence electrons. The minimum absolute atomic E-state index is 0.308. The van der Waals surface area contributed by atoms with E-state index in [1.54, 1.807) is 12.1 Å². The van der Waals surface area contributed by atoms with Crippen LogP contribution in [-0.4, -0.2) is 4.98 Å². The molecule has 0 unspecified atom stereocenters. The summed E-state index contributed by atoms with van der Waals surface area (Å²) >= 11 is 5.86. The van der Waals surface area contributed by atoms with E-state index in [-0.39, 0.29) is 0 Å². The van der Waals surface area contributed by atoms with Gasteiger partial charge in [0.1, 0.15) is 0 Å². The molecule has 0 atom stereocenters. The zero-order valence-electron chi connectivity index (χ0n) is 10.4. The Morgan fingerprint density at radius 1 is 0.900 bits per heavy atom. The summed E-state index contributed by atoms with van der Waals surface area (Å²) in [5, 5.41) is 0.639. The first-order valence-electron chi connectivity index (χ1n) is 6.06. The van der Waals surface area contributed by atoms with E-state index in [1.165, 1.54) is 6.07 Å². The van der Waals surface area contributed by atoms with Crippen molar-refractivity contribution in [3.05, 3.63) is 76.1 Å². The molecule has 3 aromatic rings. The summed E-state index contributed by atoms with van der Waals surface area (Å²) in [7, 11) is 0. The zero-order valence-corrected chi connectivity index (χ0v) is 11.2. The van der Waals surface area contributed by atoms with Crippen LogP contribution in [0.25, 0.3) is 22.7 Å². The van der Waals surface area contributed by atoms with Crippen molar-refractivity contribution in [1.82, 2.24) is 4.98 Å². The number of hydrogen-bond acceptors (Lipinski definition) is 3. The fourth-order valence-corrected chi connectivity index (χ4v) is 2.00. The molecule has 20 heavy (non-hydrogen) atoms. The van der Waals surface area contributed by atoms with Crippen LogP contribution in [0, 0.1) is 0 Å². The van der Waals surface area contributed by atoms with Crippen LogP contribution in [0.1, 0.15) is 0 Å². The molecule has 0 aliphatic rings. The molecule has 3 rings (SSSR count). The van der Waals surface area contributed by atoms with Crippen molar-refractivity contribution in [1.29, 1.82) is 0 Å². The van der Waals surface area contributed by atoms with Gasteiger partial charge in [-0.05, 0) is 24.3 Å². The lowest BCUT2D eigenvalue weighted by Crippen LogP contribution is -2.01. The maximum Gasteiger partial charge on any atom is 0.339 e. The minimum Gasteiger partial charge on any atom is -0.404 e. The Labute approximate surface area is 120 Å². The second-order valence-corrected chi connectivity index (χ2v) is 4.68. The molecule has 0 spiro atoms. The van der Waals surface area contributed by atoms with Crippen LogP contribution in [-0.2, 0) is 0 Å². The molecule has 4 heteroatoms. The fourth-order valence-electron chi connectivity index (χ4n) is 1.87. The average Bonchev–Trinajstić information content (AvgIpc) is 2.48. The number of benzene rings is 2. The van der Waals surface area contributed by atoms with Crippen molar-refractivity contribution in [3.63, 3.8) is 0 Å². The molecule has 0 saturated heterocycles. The van der Waals surface area contributed by atoms with Gasteiger partial charge in [-0.2, -0.15) is 0 Å². The highest BCUT2D eigenvalue weighted by Gasteiger charge is 2.07. The monoisotopic (exact) mass is 283 g/mol. The molecule has 1 aromatic heterocycles. The topological polar surface area (TPSA) is 43.1 Å². The smallest absolute Gasteiger partial charge is 0.339 e. The quantitative estimate of drug-likeness (QED) is 0.713. The Morgan fingerprint density at radius 3 is 2.30 bits per heavy atom. The first-order chi connectivity index (χ1) is 9.72. The molecule has 0 radical (unpaired) electrons. The summed E-state index contributed by atoms with van der Waals surface area (Å²) in [6.07, 6.45) is 0. The highest BCUT2D eigenvalue weighted by molar-refractivity contribution is 6.30. The summed E-state index contributed by atoms with van der Waals surface area (Å²) in [6.45, 7) is 0. The largest absolute Gasteiger partial charge is 0.404 e. The van der Waals surface area contributed by atoms with Gasteiger partial charge in [-0.25, -0.2) is 9.78 Å². The van der Waals surface area contributed by atoms with Crippen LogP contribution in [0.2, 0.25) is 5.02 Å². The molecule has 3 nitrogen and oxygen atoms in total. The number of rotatable bonds is 2. The van der Waals surface area contributed by atoms with E-state index in [0.717, 1.165) is 11.1 Å². The zero-order chi connectivity index (χ0) is 13.9. The van der Waals surface area contributed by atoms with E-state index >= 15 is 0 Å². The number of nitrogens with zero attached hydrogens (tertiary/aromatic N) is 1. The van der Waals surface area contributed by atoms with E-state index in [9.17, 15) is 4.79 Å². The van der Waals surface area contributed by atoms with Gasteiger partial charge in [-0.15, -0.1) is 0 Å². The molecule has 2 aromatic carbocycles. The molecule has 0 aliphatic carbocycles. The van der Waals surface area contributed by atoms with Crippen LogP contribution < -0.4 is 5.63 Å². The lowest BCUT2D eigenvalue weighted by molar-refractivity contribution is 0.508. The third-order valence-corrected chi connectivity index (χ3v) is 3.09. The summed E-state index contributed by atoms with van der Waals surface area (Å²) in [5.41, 5.74) is 1.72. The van der Waals surface area contributed by atoms with Crippen LogP contribution in [0.15, 0.2) is 69.9 Å². The molecule has 0 fully saturated rings. The Balaban J connectivity index is 2.12. The Hall–Kier alpha value is -2.39. The van der Waals surface area contributed by atoms with Gasteiger partial charge in [-0.3, -0.25) is 0 Å². The van der Waals surface area contributed by atoms with Gasteiger partial charge in [-0.1, -0.05) is 41.9 Å². The highest BCUT2D eigenvalue weighted by atomic mass is 35.5. The molecule has 0 N–H and O–H groups in total.